The third-order valence-corrected chi connectivity index (χ3v) is 3.31. The van der Waals surface area contributed by atoms with E-state index >= 15 is 0 Å². The van der Waals surface area contributed by atoms with Crippen molar-refractivity contribution in [1.29, 1.82) is 0 Å². The van der Waals surface area contributed by atoms with Crippen LogP contribution in [0.4, 0.5) is 0 Å². The number of carbonyl (C=O) groups excluding carboxylic acids is 1. The van der Waals surface area contributed by atoms with Crippen molar-refractivity contribution in [1.82, 2.24) is 0 Å². The summed E-state index contributed by atoms with van der Waals surface area (Å²) < 4.78 is 0. The number of aldehydes is 1. The Morgan fingerprint density at radius 1 is 1.53 bits per heavy atom. The molecule has 2 atom stereocenters. The van der Waals surface area contributed by atoms with Crippen molar-refractivity contribution < 1.29 is 4.79 Å². The van der Waals surface area contributed by atoms with Gasteiger partial charge in [-0.1, -0.05) is 30.7 Å². The zero-order chi connectivity index (χ0) is 11.1. The van der Waals surface area contributed by atoms with Crippen LogP contribution >= 0.6 is 0 Å². The number of allylic oxidation sites excluding steroid dienone is 4. The average molecular weight is 206 g/mol. The fraction of sp³-hybridized carbons (Fsp3) is 0.643. The van der Waals surface area contributed by atoms with E-state index in [1.165, 1.54) is 19.3 Å². The molecule has 2 unspecified atom stereocenters. The van der Waals surface area contributed by atoms with E-state index in [0.29, 0.717) is 12.3 Å². The minimum absolute atomic E-state index is 0.654. The van der Waals surface area contributed by atoms with Crippen molar-refractivity contribution in [3.63, 3.8) is 0 Å². The third-order valence-electron chi connectivity index (χ3n) is 3.31. The van der Waals surface area contributed by atoms with Gasteiger partial charge in [-0.15, -0.1) is 0 Å². The fourth-order valence-corrected chi connectivity index (χ4v) is 2.10. The molecule has 0 radical (unpaired) electrons. The highest BCUT2D eigenvalue weighted by molar-refractivity contribution is 5.49. The van der Waals surface area contributed by atoms with E-state index in [1.807, 2.05) is 0 Å². The Hall–Kier alpha value is -0.850. The van der Waals surface area contributed by atoms with Gasteiger partial charge in [0, 0.05) is 6.42 Å². The largest absolute Gasteiger partial charge is 0.303 e. The molecule has 0 aromatic rings. The summed E-state index contributed by atoms with van der Waals surface area (Å²) >= 11 is 0. The third kappa shape index (κ3) is 4.46. The number of rotatable bonds is 5. The maximum Gasteiger partial charge on any atom is 0.120 e. The molecule has 0 aromatic carbocycles. The van der Waals surface area contributed by atoms with Crippen LogP contribution < -0.4 is 0 Å². The first-order chi connectivity index (χ1) is 7.24. The van der Waals surface area contributed by atoms with Gasteiger partial charge in [-0.3, -0.25) is 0 Å². The molecule has 0 amide bonds. The minimum Gasteiger partial charge on any atom is -0.303 e. The van der Waals surface area contributed by atoms with Gasteiger partial charge in [0.25, 0.3) is 0 Å². The summed E-state index contributed by atoms with van der Waals surface area (Å²) in [5.74, 6) is 1.46. The standard InChI is InChI=1S/C14H22O/c1-12-7-9-14(10-8-12)13(2)6-4-3-5-11-15/h4,6-7,11,13-14H,3,5,8-10H2,1-2H3. The second kappa shape index (κ2) is 6.60. The van der Waals surface area contributed by atoms with Crippen LogP contribution in [-0.4, -0.2) is 6.29 Å². The molecule has 1 aliphatic rings. The Morgan fingerprint density at radius 3 is 2.93 bits per heavy atom. The molecule has 0 aromatic heterocycles. The summed E-state index contributed by atoms with van der Waals surface area (Å²) in [6.45, 7) is 4.51. The van der Waals surface area contributed by atoms with Crippen LogP contribution in [-0.2, 0) is 4.79 Å². The van der Waals surface area contributed by atoms with Crippen molar-refractivity contribution in [2.75, 3.05) is 0 Å². The quantitative estimate of drug-likeness (QED) is 0.379. The van der Waals surface area contributed by atoms with Crippen molar-refractivity contribution in [2.45, 2.75) is 46.0 Å². The number of carbonyl (C=O) groups is 1. The molecule has 1 aliphatic carbocycles. The van der Waals surface area contributed by atoms with Crippen LogP contribution in [0.3, 0.4) is 0 Å². The number of hydrogen-bond donors (Lipinski definition) is 0. The Kier molecular flexibility index (Phi) is 5.38. The lowest BCUT2D eigenvalue weighted by atomic mass is 9.81. The van der Waals surface area contributed by atoms with E-state index in [2.05, 4.69) is 32.1 Å². The molecule has 1 rings (SSSR count). The van der Waals surface area contributed by atoms with Crippen LogP contribution in [0.25, 0.3) is 0 Å². The van der Waals surface area contributed by atoms with Crippen LogP contribution in [0.1, 0.15) is 46.0 Å². The second-order valence-electron chi connectivity index (χ2n) is 4.62. The molecule has 0 N–H and O–H groups in total. The van der Waals surface area contributed by atoms with Crippen LogP contribution in [0.2, 0.25) is 0 Å². The maximum atomic E-state index is 10.1. The Balaban J connectivity index is 2.31. The Labute approximate surface area is 93.3 Å². The number of hydrogen-bond acceptors (Lipinski definition) is 1. The molecule has 1 heteroatoms. The molecule has 15 heavy (non-hydrogen) atoms. The summed E-state index contributed by atoms with van der Waals surface area (Å²) in [6.07, 6.45) is 13.2. The molecule has 84 valence electrons. The average Bonchev–Trinajstić information content (AvgIpc) is 2.25. The normalized spacial score (nSPS) is 23.9. The topological polar surface area (TPSA) is 17.1 Å². The van der Waals surface area contributed by atoms with E-state index in [4.69, 9.17) is 0 Å². The van der Waals surface area contributed by atoms with Gasteiger partial charge in [0.2, 0.25) is 0 Å². The van der Waals surface area contributed by atoms with Gasteiger partial charge in [-0.2, -0.15) is 0 Å². The van der Waals surface area contributed by atoms with Gasteiger partial charge in [0.05, 0.1) is 0 Å². The molecule has 0 saturated heterocycles. The van der Waals surface area contributed by atoms with Crippen molar-refractivity contribution >= 4 is 6.29 Å². The summed E-state index contributed by atoms with van der Waals surface area (Å²) in [4.78, 5) is 10.1. The Morgan fingerprint density at radius 2 is 2.33 bits per heavy atom. The fourth-order valence-electron chi connectivity index (χ4n) is 2.10. The Bertz CT molecular complexity index is 250. The minimum atomic E-state index is 0.654. The van der Waals surface area contributed by atoms with Crippen molar-refractivity contribution in [2.24, 2.45) is 11.8 Å². The van der Waals surface area contributed by atoms with Crippen molar-refractivity contribution in [3.05, 3.63) is 23.8 Å². The highest BCUT2D eigenvalue weighted by atomic mass is 16.1. The van der Waals surface area contributed by atoms with E-state index in [-0.39, 0.29) is 0 Å². The maximum absolute atomic E-state index is 10.1. The van der Waals surface area contributed by atoms with Crippen LogP contribution in [0, 0.1) is 11.8 Å². The monoisotopic (exact) mass is 206 g/mol. The van der Waals surface area contributed by atoms with Gasteiger partial charge in [-0.05, 0) is 44.4 Å². The molecule has 0 saturated carbocycles. The lowest BCUT2D eigenvalue weighted by Crippen LogP contribution is -2.12. The van der Waals surface area contributed by atoms with E-state index < -0.39 is 0 Å². The summed E-state index contributed by atoms with van der Waals surface area (Å²) in [5.41, 5.74) is 1.54. The van der Waals surface area contributed by atoms with Crippen molar-refractivity contribution in [3.8, 4) is 0 Å². The lowest BCUT2D eigenvalue weighted by Gasteiger charge is -2.24. The molecule has 0 aliphatic heterocycles. The predicted molar refractivity (Wildman–Crippen MR) is 64.7 cm³/mol. The summed E-state index contributed by atoms with van der Waals surface area (Å²) in [5, 5.41) is 0. The van der Waals surface area contributed by atoms with E-state index in [0.717, 1.165) is 18.6 Å². The molecular weight excluding hydrogens is 184 g/mol. The SMILES string of the molecule is CC1=CCC(C(C)C=CCCC=O)CC1. The van der Waals surface area contributed by atoms with Gasteiger partial charge < -0.3 is 4.79 Å². The molecule has 1 nitrogen and oxygen atoms in total. The zero-order valence-corrected chi connectivity index (χ0v) is 9.91. The predicted octanol–water partition coefficient (Wildman–Crippen LogP) is 3.90. The molecular formula is C14H22O. The molecule has 0 spiro atoms. The molecule has 0 bridgehead atoms. The van der Waals surface area contributed by atoms with Gasteiger partial charge >= 0.3 is 0 Å². The van der Waals surface area contributed by atoms with Gasteiger partial charge in [-0.25, -0.2) is 0 Å². The van der Waals surface area contributed by atoms with Crippen LogP contribution in [0.15, 0.2) is 23.8 Å². The summed E-state index contributed by atoms with van der Waals surface area (Å²) in [7, 11) is 0. The van der Waals surface area contributed by atoms with Gasteiger partial charge in [0.1, 0.15) is 6.29 Å². The zero-order valence-electron chi connectivity index (χ0n) is 9.91. The highest BCUT2D eigenvalue weighted by Gasteiger charge is 2.16. The first-order valence-corrected chi connectivity index (χ1v) is 6.00. The van der Waals surface area contributed by atoms with Crippen LogP contribution in [0.5, 0.6) is 0 Å². The second-order valence-corrected chi connectivity index (χ2v) is 4.62. The van der Waals surface area contributed by atoms with E-state index in [9.17, 15) is 4.79 Å². The highest BCUT2D eigenvalue weighted by Crippen LogP contribution is 2.29. The molecule has 0 heterocycles. The lowest BCUT2D eigenvalue weighted by molar-refractivity contribution is -0.107. The summed E-state index contributed by atoms with van der Waals surface area (Å²) in [6, 6.07) is 0. The smallest absolute Gasteiger partial charge is 0.120 e. The number of unbranched alkanes of at least 4 members (excludes halogenated alkanes) is 1. The molecule has 0 fully saturated rings. The van der Waals surface area contributed by atoms with E-state index in [1.54, 1.807) is 5.57 Å². The first-order valence-electron chi connectivity index (χ1n) is 6.00. The van der Waals surface area contributed by atoms with Gasteiger partial charge in [0.15, 0.2) is 0 Å². The first kappa shape index (κ1) is 12.2.